The number of aromatic nitrogens is 1. The number of carbonyl (C=O) groups is 1. The molecule has 0 spiro atoms. The van der Waals surface area contributed by atoms with E-state index in [-0.39, 0.29) is 17.9 Å². The molecule has 1 amide bonds. The summed E-state index contributed by atoms with van der Waals surface area (Å²) in [6.07, 6.45) is 4.55. The summed E-state index contributed by atoms with van der Waals surface area (Å²) in [6.45, 7) is 6.19. The number of carbonyl (C=O) groups excluding carboxylic acids is 1. The van der Waals surface area contributed by atoms with Crippen LogP contribution in [0.3, 0.4) is 0 Å². The summed E-state index contributed by atoms with van der Waals surface area (Å²) in [6, 6.07) is 12.2. The van der Waals surface area contributed by atoms with Crippen molar-refractivity contribution < 1.29 is 19.7 Å². The van der Waals surface area contributed by atoms with Crippen LogP contribution in [0.15, 0.2) is 41.8 Å². The Balaban J connectivity index is 1.26. The van der Waals surface area contributed by atoms with Gasteiger partial charge in [0.2, 0.25) is 0 Å². The molecule has 3 N–H and O–H groups in total. The second-order valence-electron chi connectivity index (χ2n) is 10.6. The third kappa shape index (κ3) is 6.20. The Morgan fingerprint density at radius 2 is 1.95 bits per heavy atom. The van der Waals surface area contributed by atoms with Crippen LogP contribution in [0.25, 0.3) is 11.3 Å². The average Bonchev–Trinajstić information content (AvgIpc) is 3.59. The van der Waals surface area contributed by atoms with E-state index in [0.29, 0.717) is 6.61 Å². The number of rotatable bonds is 8. The summed E-state index contributed by atoms with van der Waals surface area (Å²) in [5, 5.41) is 25.3. The number of benzene rings is 2. The van der Waals surface area contributed by atoms with Gasteiger partial charge in [-0.2, -0.15) is 0 Å². The maximum atomic E-state index is 12.9. The van der Waals surface area contributed by atoms with Gasteiger partial charge >= 0.3 is 0 Å². The summed E-state index contributed by atoms with van der Waals surface area (Å²) in [4.78, 5) is 19.7. The van der Waals surface area contributed by atoms with E-state index in [1.54, 1.807) is 11.3 Å². The molecular formula is C30H37N3O4S. The highest BCUT2D eigenvalue weighted by Gasteiger charge is 2.29. The molecule has 5 rings (SSSR count). The minimum Gasteiger partial charge on any atom is -0.488 e. The predicted octanol–water partition coefficient (Wildman–Crippen LogP) is 5.52. The number of hydrogen-bond acceptors (Lipinski definition) is 7. The molecule has 1 aliphatic heterocycles. The molecule has 0 radical (unpaired) electrons. The van der Waals surface area contributed by atoms with Crippen LogP contribution in [-0.2, 0) is 6.61 Å². The number of likely N-dealkylation sites (tertiary alicyclic amines) is 1. The van der Waals surface area contributed by atoms with E-state index in [9.17, 15) is 15.0 Å². The van der Waals surface area contributed by atoms with Gasteiger partial charge in [-0.15, -0.1) is 11.3 Å². The minimum atomic E-state index is -1.25. The number of hydrogen-bond donors (Lipinski definition) is 3. The number of aliphatic hydroxyl groups excluding tert-OH is 1. The lowest BCUT2D eigenvalue weighted by molar-refractivity contribution is -0.0816. The van der Waals surface area contributed by atoms with E-state index in [1.165, 1.54) is 6.42 Å². The van der Waals surface area contributed by atoms with Gasteiger partial charge < -0.3 is 25.2 Å². The molecule has 1 saturated heterocycles. The lowest BCUT2D eigenvalue weighted by Crippen LogP contribution is -2.35. The van der Waals surface area contributed by atoms with Crippen LogP contribution in [0, 0.1) is 19.8 Å². The third-order valence-electron chi connectivity index (χ3n) is 7.75. The average molecular weight is 536 g/mol. The zero-order chi connectivity index (χ0) is 26.6. The molecule has 2 aromatic carbocycles. The Morgan fingerprint density at radius 1 is 1.13 bits per heavy atom. The highest BCUT2D eigenvalue weighted by molar-refractivity contribution is 7.14. The Morgan fingerprint density at radius 3 is 2.68 bits per heavy atom. The first-order chi connectivity index (χ1) is 18.4. The topological polar surface area (TPSA) is 94.9 Å². The smallest absolute Gasteiger partial charge is 0.253 e. The molecule has 202 valence electrons. The fourth-order valence-corrected chi connectivity index (χ4v) is 6.24. The van der Waals surface area contributed by atoms with Gasteiger partial charge in [-0.1, -0.05) is 17.7 Å². The van der Waals surface area contributed by atoms with Gasteiger partial charge in [0.05, 0.1) is 5.69 Å². The largest absolute Gasteiger partial charge is 0.488 e. The van der Waals surface area contributed by atoms with Crippen LogP contribution in [-0.4, -0.2) is 51.4 Å². The van der Waals surface area contributed by atoms with Gasteiger partial charge in [0.25, 0.3) is 5.91 Å². The predicted molar refractivity (Wildman–Crippen MR) is 151 cm³/mol. The Kier molecular flexibility index (Phi) is 8.31. The summed E-state index contributed by atoms with van der Waals surface area (Å²) < 4.78 is 6.31. The van der Waals surface area contributed by atoms with Crippen LogP contribution in [0.5, 0.6) is 5.75 Å². The monoisotopic (exact) mass is 535 g/mol. The SMILES string of the molecule is Cc1ccc(OCc2ccc(C(=O)N3CCCCC3)cc2C)c(-c2csc(N[C@@H]3CC[C@H](C(O)O)C3)n2)c1. The van der Waals surface area contributed by atoms with Gasteiger partial charge in [-0.05, 0) is 87.8 Å². The fraction of sp³-hybridized carbons (Fsp3) is 0.467. The molecule has 1 saturated carbocycles. The van der Waals surface area contributed by atoms with Gasteiger partial charge in [0.1, 0.15) is 12.4 Å². The molecule has 7 nitrogen and oxygen atoms in total. The van der Waals surface area contributed by atoms with E-state index in [0.717, 1.165) is 89.6 Å². The minimum absolute atomic E-state index is 0.0795. The number of anilines is 1. The van der Waals surface area contributed by atoms with Gasteiger partial charge in [0.15, 0.2) is 11.4 Å². The van der Waals surface area contributed by atoms with E-state index >= 15 is 0 Å². The van der Waals surface area contributed by atoms with Crippen molar-refractivity contribution in [1.82, 2.24) is 9.88 Å². The van der Waals surface area contributed by atoms with Crippen LogP contribution < -0.4 is 10.1 Å². The van der Waals surface area contributed by atoms with Crippen molar-refractivity contribution in [1.29, 1.82) is 0 Å². The first-order valence-corrected chi connectivity index (χ1v) is 14.5. The Bertz CT molecular complexity index is 1270. The molecule has 1 aliphatic carbocycles. The molecule has 2 fully saturated rings. The fourth-order valence-electron chi connectivity index (χ4n) is 5.45. The maximum absolute atomic E-state index is 12.9. The molecule has 38 heavy (non-hydrogen) atoms. The van der Waals surface area contributed by atoms with Crippen LogP contribution >= 0.6 is 11.3 Å². The van der Waals surface area contributed by atoms with Crippen LogP contribution in [0.2, 0.25) is 0 Å². The van der Waals surface area contributed by atoms with Gasteiger partial charge in [0, 0.05) is 41.6 Å². The first-order valence-electron chi connectivity index (χ1n) is 13.6. The molecule has 0 bridgehead atoms. The van der Waals surface area contributed by atoms with Gasteiger partial charge in [-0.25, -0.2) is 4.98 Å². The molecule has 2 heterocycles. The van der Waals surface area contributed by atoms with Crippen molar-refractivity contribution in [2.45, 2.75) is 71.3 Å². The number of aryl methyl sites for hydroxylation is 2. The number of nitrogens with one attached hydrogen (secondary N) is 1. The number of ether oxygens (including phenoxy) is 1. The first kappa shape index (κ1) is 26.7. The second-order valence-corrected chi connectivity index (χ2v) is 11.5. The molecule has 2 atom stereocenters. The lowest BCUT2D eigenvalue weighted by Gasteiger charge is -2.27. The van der Waals surface area contributed by atoms with E-state index in [2.05, 4.69) is 18.3 Å². The van der Waals surface area contributed by atoms with Crippen molar-refractivity contribution in [3.05, 3.63) is 64.0 Å². The van der Waals surface area contributed by atoms with Crippen molar-refractivity contribution >= 4 is 22.4 Å². The molecule has 0 unspecified atom stereocenters. The zero-order valence-corrected chi connectivity index (χ0v) is 23.0. The highest BCUT2D eigenvalue weighted by atomic mass is 32.1. The lowest BCUT2D eigenvalue weighted by atomic mass is 10.0. The molecule has 8 heteroatoms. The third-order valence-corrected chi connectivity index (χ3v) is 8.53. The number of piperidine rings is 1. The summed E-state index contributed by atoms with van der Waals surface area (Å²) >= 11 is 1.55. The van der Waals surface area contributed by atoms with Gasteiger partial charge in [-0.3, -0.25) is 4.79 Å². The van der Waals surface area contributed by atoms with Crippen LogP contribution in [0.4, 0.5) is 5.13 Å². The van der Waals surface area contributed by atoms with Crippen molar-refractivity contribution in [3.8, 4) is 17.0 Å². The van der Waals surface area contributed by atoms with E-state index in [1.807, 2.05) is 47.5 Å². The van der Waals surface area contributed by atoms with Crippen molar-refractivity contribution in [3.63, 3.8) is 0 Å². The maximum Gasteiger partial charge on any atom is 0.253 e. The summed E-state index contributed by atoms with van der Waals surface area (Å²) in [5.74, 6) is 0.809. The van der Waals surface area contributed by atoms with Crippen molar-refractivity contribution in [2.24, 2.45) is 5.92 Å². The summed E-state index contributed by atoms with van der Waals surface area (Å²) in [5.41, 5.74) is 5.76. The Labute approximate surface area is 228 Å². The number of amides is 1. The van der Waals surface area contributed by atoms with E-state index in [4.69, 9.17) is 9.72 Å². The highest BCUT2D eigenvalue weighted by Crippen LogP contribution is 2.36. The molecular weight excluding hydrogens is 498 g/mol. The summed E-state index contributed by atoms with van der Waals surface area (Å²) in [7, 11) is 0. The molecule has 3 aromatic rings. The molecule has 1 aromatic heterocycles. The normalized spacial score (nSPS) is 19.7. The second kappa shape index (κ2) is 11.8. The standard InChI is InChI=1S/C30H37N3O4S/c1-19-6-11-27(25(14-19)26-18-38-30(32-26)31-24-10-9-22(16-24)29(35)36)37-17-23-8-7-21(15-20(23)2)28(34)33-12-4-3-5-13-33/h6-8,11,14-15,18,22,24,29,35-36H,3-5,9-10,12-13,16-17H2,1-2H3,(H,31,32)/t22-,24+/m0/s1. The molecule has 2 aliphatic rings. The number of thiazole rings is 1. The quantitative estimate of drug-likeness (QED) is 0.329. The van der Waals surface area contributed by atoms with Crippen molar-refractivity contribution in [2.75, 3.05) is 18.4 Å². The van der Waals surface area contributed by atoms with E-state index < -0.39 is 6.29 Å². The van der Waals surface area contributed by atoms with Crippen LogP contribution in [0.1, 0.15) is 65.6 Å². The number of nitrogens with zero attached hydrogens (tertiary/aromatic N) is 2. The zero-order valence-electron chi connectivity index (χ0n) is 22.2. The Hall–Kier alpha value is -2.94. The number of aliphatic hydroxyl groups is 2.